The number of hydrogen-bond donors (Lipinski definition) is 0. The molecule has 0 fully saturated rings. The molecule has 0 atom stereocenters. The van der Waals surface area contributed by atoms with E-state index in [1.165, 1.54) is 24.1 Å². The van der Waals surface area contributed by atoms with E-state index in [-0.39, 0.29) is 5.78 Å². The number of likely N-dealkylation sites (N-methyl/N-ethyl adjacent to an activating group) is 1. The predicted octanol–water partition coefficient (Wildman–Crippen LogP) is 3.67. The van der Waals surface area contributed by atoms with Crippen molar-refractivity contribution in [3.05, 3.63) is 21.4 Å². The second-order valence-corrected chi connectivity index (χ2v) is 6.16. The van der Waals surface area contributed by atoms with Crippen molar-refractivity contribution in [2.75, 3.05) is 20.1 Å². The van der Waals surface area contributed by atoms with E-state index in [2.05, 4.69) is 18.7 Å². The summed E-state index contributed by atoms with van der Waals surface area (Å²) in [6.07, 6.45) is 3.65. The maximum atomic E-state index is 12.1. The van der Waals surface area contributed by atoms with Crippen LogP contribution in [0.15, 0.2) is 6.07 Å². The van der Waals surface area contributed by atoms with Crippen LogP contribution in [0.3, 0.4) is 0 Å². The third-order valence-corrected chi connectivity index (χ3v) is 3.86. The molecule has 17 heavy (non-hydrogen) atoms. The molecule has 1 rings (SSSR count). The Morgan fingerprint density at radius 3 is 2.59 bits per heavy atom. The molecule has 0 aliphatic rings. The van der Waals surface area contributed by atoms with E-state index in [4.69, 9.17) is 0 Å². The molecule has 2 nitrogen and oxygen atoms in total. The van der Waals surface area contributed by atoms with Crippen molar-refractivity contribution < 1.29 is 4.79 Å². The highest BCUT2D eigenvalue weighted by Crippen LogP contribution is 2.21. The Morgan fingerprint density at radius 2 is 2.06 bits per heavy atom. The van der Waals surface area contributed by atoms with Gasteiger partial charge in [-0.25, -0.2) is 0 Å². The summed E-state index contributed by atoms with van der Waals surface area (Å²) >= 11 is 1.71. The van der Waals surface area contributed by atoms with E-state index < -0.39 is 0 Å². The number of rotatable bonds is 7. The van der Waals surface area contributed by atoms with Gasteiger partial charge in [-0.05, 0) is 39.9 Å². The number of thiophene rings is 1. The summed E-state index contributed by atoms with van der Waals surface area (Å²) < 4.78 is 0. The number of Topliss-reactive ketones (excluding diaryl/α,β-unsaturated/α-hetero) is 1. The number of unbranched alkanes of at least 4 members (excludes halogenated alkanes) is 2. The van der Waals surface area contributed by atoms with Crippen LogP contribution < -0.4 is 0 Å². The van der Waals surface area contributed by atoms with Gasteiger partial charge in [-0.1, -0.05) is 19.8 Å². The smallest absolute Gasteiger partial charge is 0.177 e. The molecule has 1 aromatic heterocycles. The number of carbonyl (C=O) groups is 1. The highest BCUT2D eigenvalue weighted by atomic mass is 32.1. The van der Waals surface area contributed by atoms with Crippen LogP contribution in [0.2, 0.25) is 0 Å². The zero-order valence-electron chi connectivity index (χ0n) is 11.4. The van der Waals surface area contributed by atoms with Crippen molar-refractivity contribution in [3.8, 4) is 0 Å². The van der Waals surface area contributed by atoms with Gasteiger partial charge in [0.1, 0.15) is 0 Å². The topological polar surface area (TPSA) is 20.3 Å². The number of carbonyl (C=O) groups excluding carboxylic acids is 1. The van der Waals surface area contributed by atoms with E-state index >= 15 is 0 Å². The number of nitrogens with zero attached hydrogens (tertiary/aromatic N) is 1. The minimum atomic E-state index is 0.255. The lowest BCUT2D eigenvalue weighted by Gasteiger charge is -2.15. The Labute approximate surface area is 109 Å². The molecule has 0 aliphatic carbocycles. The maximum absolute atomic E-state index is 12.1. The first-order valence-corrected chi connectivity index (χ1v) is 7.15. The first-order valence-electron chi connectivity index (χ1n) is 6.33. The van der Waals surface area contributed by atoms with Crippen molar-refractivity contribution in [2.45, 2.75) is 40.0 Å². The lowest BCUT2D eigenvalue weighted by atomic mass is 10.1. The highest BCUT2D eigenvalue weighted by Gasteiger charge is 2.13. The third-order valence-electron chi connectivity index (χ3n) is 2.90. The zero-order chi connectivity index (χ0) is 12.8. The van der Waals surface area contributed by atoms with Gasteiger partial charge in [-0.2, -0.15) is 0 Å². The van der Waals surface area contributed by atoms with Gasteiger partial charge in [0.25, 0.3) is 0 Å². The quantitative estimate of drug-likeness (QED) is 0.546. The van der Waals surface area contributed by atoms with Crippen LogP contribution in [0, 0.1) is 13.8 Å². The lowest BCUT2D eigenvalue weighted by molar-refractivity contribution is 0.0945. The van der Waals surface area contributed by atoms with E-state index in [0.29, 0.717) is 6.54 Å². The summed E-state index contributed by atoms with van der Waals surface area (Å²) in [7, 11) is 2.03. The average molecular weight is 253 g/mol. The molecule has 0 saturated carbocycles. The molecule has 0 saturated heterocycles. The van der Waals surface area contributed by atoms with Gasteiger partial charge in [-0.15, -0.1) is 11.3 Å². The van der Waals surface area contributed by atoms with Crippen LogP contribution in [0.25, 0.3) is 0 Å². The molecule has 0 spiro atoms. The summed E-state index contributed by atoms with van der Waals surface area (Å²) in [6, 6.07) is 2.02. The fraction of sp³-hybridized carbons (Fsp3) is 0.643. The zero-order valence-corrected chi connectivity index (χ0v) is 12.2. The summed E-state index contributed by atoms with van der Waals surface area (Å²) in [5.74, 6) is 0.255. The molecule has 96 valence electrons. The van der Waals surface area contributed by atoms with Gasteiger partial charge in [0.05, 0.1) is 6.54 Å². The SMILES string of the molecule is CCCCCN(C)CC(=O)c1cc(C)sc1C. The molecular weight excluding hydrogens is 230 g/mol. The predicted molar refractivity (Wildman–Crippen MR) is 75.1 cm³/mol. The van der Waals surface area contributed by atoms with E-state index in [9.17, 15) is 4.79 Å². The molecule has 0 aromatic carbocycles. The fourth-order valence-electron chi connectivity index (χ4n) is 1.95. The van der Waals surface area contributed by atoms with Crippen LogP contribution in [0.1, 0.15) is 46.3 Å². The Morgan fingerprint density at radius 1 is 1.35 bits per heavy atom. The molecular formula is C14H23NOS. The Bertz CT molecular complexity index is 370. The Balaban J connectivity index is 2.46. The van der Waals surface area contributed by atoms with Gasteiger partial charge < -0.3 is 0 Å². The fourth-order valence-corrected chi connectivity index (χ4v) is 2.89. The van der Waals surface area contributed by atoms with Crippen molar-refractivity contribution in [2.24, 2.45) is 0 Å². The van der Waals surface area contributed by atoms with Crippen molar-refractivity contribution in [3.63, 3.8) is 0 Å². The molecule has 0 N–H and O–H groups in total. The van der Waals surface area contributed by atoms with Gasteiger partial charge in [-0.3, -0.25) is 9.69 Å². The highest BCUT2D eigenvalue weighted by molar-refractivity contribution is 7.12. The van der Waals surface area contributed by atoms with Crippen molar-refractivity contribution in [1.29, 1.82) is 0 Å². The molecule has 0 unspecified atom stereocenters. The third kappa shape index (κ3) is 4.60. The monoisotopic (exact) mass is 253 g/mol. The molecule has 0 bridgehead atoms. The van der Waals surface area contributed by atoms with E-state index in [1.54, 1.807) is 11.3 Å². The van der Waals surface area contributed by atoms with Crippen molar-refractivity contribution >= 4 is 17.1 Å². The number of aryl methyl sites for hydroxylation is 2. The molecule has 1 heterocycles. The molecule has 0 aliphatic heterocycles. The van der Waals surface area contributed by atoms with Crippen LogP contribution in [-0.4, -0.2) is 30.8 Å². The summed E-state index contributed by atoms with van der Waals surface area (Å²) in [6.45, 7) is 7.84. The molecule has 0 radical (unpaired) electrons. The normalized spacial score (nSPS) is 11.1. The minimum Gasteiger partial charge on any atom is -0.299 e. The van der Waals surface area contributed by atoms with Crippen molar-refractivity contribution in [1.82, 2.24) is 4.90 Å². The van der Waals surface area contributed by atoms with Crippen LogP contribution in [-0.2, 0) is 0 Å². The largest absolute Gasteiger partial charge is 0.299 e. The second-order valence-electron chi connectivity index (χ2n) is 4.69. The first-order chi connectivity index (χ1) is 8.04. The van der Waals surface area contributed by atoms with Gasteiger partial charge >= 0.3 is 0 Å². The van der Waals surface area contributed by atoms with Gasteiger partial charge in [0.2, 0.25) is 0 Å². The molecule has 3 heteroatoms. The lowest BCUT2D eigenvalue weighted by Crippen LogP contribution is -2.27. The standard InChI is InChI=1S/C14H23NOS/c1-5-6-7-8-15(4)10-14(16)13-9-11(2)17-12(13)3/h9H,5-8,10H2,1-4H3. The number of ketones is 1. The first kappa shape index (κ1) is 14.4. The Kier molecular flexibility index (Phi) is 5.86. The maximum Gasteiger partial charge on any atom is 0.177 e. The summed E-state index contributed by atoms with van der Waals surface area (Å²) in [4.78, 5) is 16.6. The summed E-state index contributed by atoms with van der Waals surface area (Å²) in [5.41, 5.74) is 0.912. The Hall–Kier alpha value is -0.670. The molecule has 0 amide bonds. The number of hydrogen-bond acceptors (Lipinski definition) is 3. The second kappa shape index (κ2) is 6.92. The van der Waals surface area contributed by atoms with E-state index in [0.717, 1.165) is 17.0 Å². The minimum absolute atomic E-state index is 0.255. The van der Waals surface area contributed by atoms with Gasteiger partial charge in [0, 0.05) is 15.3 Å². The van der Waals surface area contributed by atoms with Gasteiger partial charge in [0.15, 0.2) is 5.78 Å². The average Bonchev–Trinajstić information content (AvgIpc) is 2.58. The van der Waals surface area contributed by atoms with E-state index in [1.807, 2.05) is 20.0 Å². The van der Waals surface area contributed by atoms with Crippen LogP contribution in [0.4, 0.5) is 0 Å². The molecule has 1 aromatic rings. The summed E-state index contributed by atoms with van der Waals surface area (Å²) in [5, 5.41) is 0. The van der Waals surface area contributed by atoms with Crippen LogP contribution in [0.5, 0.6) is 0 Å². The van der Waals surface area contributed by atoms with Crippen LogP contribution >= 0.6 is 11.3 Å².